The molecule has 0 aliphatic rings. The third kappa shape index (κ3) is 3.43. The minimum atomic E-state index is -5.99. The van der Waals surface area contributed by atoms with Crippen LogP contribution in [0.15, 0.2) is 23.1 Å². The van der Waals surface area contributed by atoms with Gasteiger partial charge in [0.15, 0.2) is 11.1 Å². The van der Waals surface area contributed by atoms with Crippen molar-refractivity contribution in [3.05, 3.63) is 28.3 Å². The first kappa shape index (κ1) is 16.3. The molecule has 20 heavy (non-hydrogen) atoms. The highest BCUT2D eigenvalue weighted by atomic mass is 32.2. The van der Waals surface area contributed by atoms with Gasteiger partial charge < -0.3 is 8.74 Å². The Hall–Kier alpha value is -1.73. The molecule has 0 fully saturated rings. The molecule has 1 unspecified atom stereocenters. The highest BCUT2D eigenvalue weighted by Gasteiger charge is 2.48. The summed E-state index contributed by atoms with van der Waals surface area (Å²) in [5, 5.41) is 10.6. The van der Waals surface area contributed by atoms with E-state index in [-0.39, 0.29) is 0 Å². The van der Waals surface area contributed by atoms with Gasteiger partial charge in [-0.1, -0.05) is 0 Å². The molecule has 0 heterocycles. The van der Waals surface area contributed by atoms with Crippen LogP contribution in [-0.2, 0) is 21.2 Å². The third-order valence-corrected chi connectivity index (χ3v) is 3.50. The maximum atomic E-state index is 12.1. The molecule has 0 spiro atoms. The van der Waals surface area contributed by atoms with Gasteiger partial charge in [-0.15, -0.1) is 0 Å². The standard InChI is InChI=1S/C7H4F3NO7S2/c8-7(9,10)20(16,17)18-4-1-2-6(19(14)15)5(3-4)11(12)13/h1-3H,(H,14,15). The van der Waals surface area contributed by atoms with Crippen molar-refractivity contribution in [1.29, 1.82) is 0 Å². The van der Waals surface area contributed by atoms with Crippen molar-refractivity contribution >= 4 is 26.9 Å². The van der Waals surface area contributed by atoms with Crippen LogP contribution in [0.4, 0.5) is 18.9 Å². The Bertz CT molecular complexity index is 669. The van der Waals surface area contributed by atoms with Crippen LogP contribution in [0, 0.1) is 10.1 Å². The molecule has 0 aliphatic heterocycles. The molecule has 1 rings (SSSR count). The van der Waals surface area contributed by atoms with E-state index in [0.717, 1.165) is 0 Å². The van der Waals surface area contributed by atoms with Gasteiger partial charge in [-0.05, 0) is 12.1 Å². The molecule has 0 bridgehead atoms. The van der Waals surface area contributed by atoms with Crippen LogP contribution in [0.2, 0.25) is 0 Å². The number of nitro groups is 1. The van der Waals surface area contributed by atoms with Gasteiger partial charge in [0.1, 0.15) is 10.6 Å². The molecule has 8 nitrogen and oxygen atoms in total. The molecule has 0 aromatic heterocycles. The maximum Gasteiger partial charge on any atom is 0.534 e. The maximum absolute atomic E-state index is 12.1. The van der Waals surface area contributed by atoms with Crippen molar-refractivity contribution in [2.45, 2.75) is 10.4 Å². The van der Waals surface area contributed by atoms with Crippen molar-refractivity contribution < 1.29 is 39.5 Å². The van der Waals surface area contributed by atoms with Gasteiger partial charge in [0.25, 0.3) is 5.69 Å². The Labute approximate surface area is 111 Å². The lowest BCUT2D eigenvalue weighted by Crippen LogP contribution is -2.28. The first-order valence-corrected chi connectivity index (χ1v) is 6.87. The molecule has 0 saturated carbocycles. The van der Waals surface area contributed by atoms with Gasteiger partial charge >= 0.3 is 15.6 Å². The summed E-state index contributed by atoms with van der Waals surface area (Å²) in [4.78, 5) is 8.69. The second-order valence-electron chi connectivity index (χ2n) is 3.12. The van der Waals surface area contributed by atoms with Gasteiger partial charge in [0.2, 0.25) is 0 Å². The van der Waals surface area contributed by atoms with E-state index in [2.05, 4.69) is 4.18 Å². The Kier molecular flexibility index (Phi) is 4.36. The summed E-state index contributed by atoms with van der Waals surface area (Å²) in [6.07, 6.45) is 0. The number of halogens is 3. The Morgan fingerprint density at radius 1 is 1.35 bits per heavy atom. The molecule has 0 amide bonds. The average molecular weight is 335 g/mol. The van der Waals surface area contributed by atoms with Gasteiger partial charge in [0.05, 0.1) is 11.0 Å². The minimum absolute atomic E-state index is 0.298. The summed E-state index contributed by atoms with van der Waals surface area (Å²) in [5.74, 6) is -1.01. The Balaban J connectivity index is 3.28. The van der Waals surface area contributed by atoms with Crippen LogP contribution in [0.5, 0.6) is 5.75 Å². The van der Waals surface area contributed by atoms with Gasteiger partial charge in [-0.3, -0.25) is 10.1 Å². The second-order valence-corrected chi connectivity index (χ2v) is 5.59. The molecule has 13 heteroatoms. The second kappa shape index (κ2) is 5.34. The van der Waals surface area contributed by atoms with Crippen molar-refractivity contribution in [3.63, 3.8) is 0 Å². The van der Waals surface area contributed by atoms with Crippen molar-refractivity contribution in [2.24, 2.45) is 0 Å². The number of hydrogen-bond donors (Lipinski definition) is 1. The predicted octanol–water partition coefficient (Wildman–Crippen LogP) is 1.40. The molecule has 1 N–H and O–H groups in total. The highest BCUT2D eigenvalue weighted by Crippen LogP contribution is 2.31. The summed E-state index contributed by atoms with van der Waals surface area (Å²) >= 11 is -2.78. The fraction of sp³-hybridized carbons (Fsp3) is 0.143. The molecule has 0 saturated heterocycles. The highest BCUT2D eigenvalue weighted by molar-refractivity contribution is 7.88. The van der Waals surface area contributed by atoms with Crippen LogP contribution in [0.1, 0.15) is 0 Å². The molecule has 1 aromatic carbocycles. The summed E-state index contributed by atoms with van der Waals surface area (Å²) in [6, 6.07) is 1.49. The number of benzene rings is 1. The van der Waals surface area contributed by atoms with Crippen molar-refractivity contribution in [2.75, 3.05) is 0 Å². The summed E-state index contributed by atoms with van der Waals surface area (Å²) in [6.45, 7) is 0. The molecule has 0 aliphatic carbocycles. The normalized spacial score (nSPS) is 13.8. The van der Waals surface area contributed by atoms with Crippen LogP contribution < -0.4 is 4.18 Å². The van der Waals surface area contributed by atoms with Gasteiger partial charge in [0, 0.05) is 0 Å². The van der Waals surface area contributed by atoms with Crippen molar-refractivity contribution in [3.8, 4) is 5.75 Å². The summed E-state index contributed by atoms with van der Waals surface area (Å²) in [5.41, 5.74) is -6.76. The average Bonchev–Trinajstić information content (AvgIpc) is 2.26. The van der Waals surface area contributed by atoms with Crippen LogP contribution in [-0.4, -0.2) is 27.6 Å². The lowest BCUT2D eigenvalue weighted by atomic mass is 10.3. The predicted molar refractivity (Wildman–Crippen MR) is 57.7 cm³/mol. The van der Waals surface area contributed by atoms with Crippen LogP contribution in [0.3, 0.4) is 0 Å². The van der Waals surface area contributed by atoms with E-state index in [1.54, 1.807) is 0 Å². The molecule has 112 valence electrons. The smallest absolute Gasteiger partial charge is 0.376 e. The molecule has 1 aromatic rings. The van der Waals surface area contributed by atoms with E-state index in [9.17, 15) is 35.9 Å². The lowest BCUT2D eigenvalue weighted by Gasteiger charge is -2.09. The zero-order valence-electron chi connectivity index (χ0n) is 9.03. The zero-order valence-corrected chi connectivity index (χ0v) is 10.7. The van der Waals surface area contributed by atoms with Crippen LogP contribution in [0.25, 0.3) is 0 Å². The first-order chi connectivity index (χ1) is 8.95. The van der Waals surface area contributed by atoms with Gasteiger partial charge in [-0.25, -0.2) is 4.21 Å². The fourth-order valence-electron chi connectivity index (χ4n) is 1.01. The SMILES string of the molecule is O=[N+]([O-])c1cc(OS(=O)(=O)C(F)(F)F)ccc1S(=O)O. The van der Waals surface area contributed by atoms with Crippen molar-refractivity contribution in [1.82, 2.24) is 0 Å². The van der Waals surface area contributed by atoms with E-state index >= 15 is 0 Å². The number of hydrogen-bond acceptors (Lipinski definition) is 6. The van der Waals surface area contributed by atoms with Crippen LogP contribution >= 0.6 is 0 Å². The quantitative estimate of drug-likeness (QED) is 0.290. The Morgan fingerprint density at radius 2 is 1.90 bits per heavy atom. The fourth-order valence-corrected chi connectivity index (χ4v) is 1.96. The van der Waals surface area contributed by atoms with E-state index in [0.29, 0.717) is 18.2 Å². The Morgan fingerprint density at radius 3 is 2.30 bits per heavy atom. The minimum Gasteiger partial charge on any atom is -0.376 e. The van der Waals surface area contributed by atoms with E-state index < -0.39 is 48.0 Å². The molecule has 1 atom stereocenters. The summed E-state index contributed by atoms with van der Waals surface area (Å²) < 4.78 is 80.7. The van der Waals surface area contributed by atoms with E-state index in [1.165, 1.54) is 0 Å². The third-order valence-electron chi connectivity index (χ3n) is 1.80. The monoisotopic (exact) mass is 335 g/mol. The van der Waals surface area contributed by atoms with E-state index in [1.807, 2.05) is 0 Å². The summed E-state index contributed by atoms with van der Waals surface area (Å²) in [7, 11) is -5.99. The van der Waals surface area contributed by atoms with Gasteiger partial charge in [-0.2, -0.15) is 21.6 Å². The largest absolute Gasteiger partial charge is 0.534 e. The number of alkyl halides is 3. The molecule has 0 radical (unpaired) electrons. The number of nitro benzene ring substituents is 1. The number of rotatable bonds is 4. The molecular weight excluding hydrogens is 331 g/mol. The lowest BCUT2D eigenvalue weighted by molar-refractivity contribution is -0.387. The van der Waals surface area contributed by atoms with E-state index in [4.69, 9.17) is 4.55 Å². The zero-order chi connectivity index (χ0) is 15.7. The molecular formula is C7H4F3NO7S2. The topological polar surface area (TPSA) is 124 Å². The number of nitrogens with zero attached hydrogens (tertiary/aromatic N) is 1. The first-order valence-electron chi connectivity index (χ1n) is 4.36.